The molecular weight excluding hydrogens is 1650 g/mol. The first-order valence-electron chi connectivity index (χ1n) is 47.9. The summed E-state index contributed by atoms with van der Waals surface area (Å²) in [6.07, 6.45) is 27.3. The Morgan fingerprint density at radius 2 is 0.341 bits per heavy atom. The fourth-order valence-electron chi connectivity index (χ4n) is 20.4. The maximum atomic E-state index is 12.6. The van der Waals surface area contributed by atoms with E-state index in [4.69, 9.17) is 18.9 Å². The van der Waals surface area contributed by atoms with Crippen molar-refractivity contribution in [3.8, 4) is 69.0 Å². The molecule has 17 rings (SSSR count). The van der Waals surface area contributed by atoms with Gasteiger partial charge in [-0.05, 0) is 319 Å². The van der Waals surface area contributed by atoms with Crippen molar-refractivity contribution in [2.75, 3.05) is 26.4 Å². The first kappa shape index (κ1) is 90.6. The molecule has 680 valence electrons. The molecular formula is C112H120N8O12. The number of phenols is 8. The molecule has 4 saturated carbocycles. The van der Waals surface area contributed by atoms with Gasteiger partial charge in [-0.3, -0.25) is 0 Å². The van der Waals surface area contributed by atoms with Crippen molar-refractivity contribution < 1.29 is 59.8 Å². The molecule has 12 aromatic rings. The van der Waals surface area contributed by atoms with Gasteiger partial charge in [0.1, 0.15) is 69.0 Å². The predicted molar refractivity (Wildman–Crippen MR) is 517 cm³/mol. The SMILES string of the molecule is Oc1cc(O)c2cc1C(CCCOc1ccc(N=Nc3ccc(C4CCCCC4)cc3)cc1)c1cc(c(O)cc1O)C(CCCOc1ccc(N=Nc3ccc(C4CCCCC4)cc3)cc1)c1cc(c(O)cc1O)C(CCCOc1ccc(N=Nc3ccc(C4CCCCC4)cc3)cc1)c1cc(c(O)cc1O)C2CCCOc1ccc(N=Nc2ccc(C3CCCCC3)cc2)cc1. The maximum Gasteiger partial charge on any atom is 0.123 e. The lowest BCUT2D eigenvalue weighted by atomic mass is 9.76. The Labute approximate surface area is 773 Å². The lowest BCUT2D eigenvalue weighted by molar-refractivity contribution is 0.301. The Balaban J connectivity index is 0.679. The van der Waals surface area contributed by atoms with E-state index in [1.54, 1.807) is 24.3 Å². The number of azo groups is 4. The van der Waals surface area contributed by atoms with Crippen LogP contribution in [0.3, 0.4) is 0 Å². The molecule has 0 spiro atoms. The highest BCUT2D eigenvalue weighted by Crippen LogP contribution is 2.54. The molecule has 8 N–H and O–H groups in total. The molecule has 0 atom stereocenters. The summed E-state index contributed by atoms with van der Waals surface area (Å²) in [5.74, 6) is -1.29. The van der Waals surface area contributed by atoms with E-state index in [9.17, 15) is 40.9 Å². The molecule has 5 aliphatic rings. The van der Waals surface area contributed by atoms with E-state index in [0.29, 0.717) is 140 Å². The van der Waals surface area contributed by atoms with E-state index < -0.39 is 23.7 Å². The fraction of sp³-hybridized carbons (Fsp3) is 0.357. The largest absolute Gasteiger partial charge is 0.508 e. The molecule has 0 aliphatic heterocycles. The van der Waals surface area contributed by atoms with Gasteiger partial charge >= 0.3 is 0 Å². The maximum absolute atomic E-state index is 12.6. The Kier molecular flexibility index (Phi) is 30.2. The van der Waals surface area contributed by atoms with Crippen molar-refractivity contribution in [3.63, 3.8) is 0 Å². The van der Waals surface area contributed by atoms with Gasteiger partial charge in [0.2, 0.25) is 0 Å². The average Bonchev–Trinajstić information content (AvgIpc) is 0.750. The number of rotatable bonds is 32. The predicted octanol–water partition coefficient (Wildman–Crippen LogP) is 31.5. The molecule has 0 aromatic heterocycles. The smallest absolute Gasteiger partial charge is 0.123 e. The van der Waals surface area contributed by atoms with Gasteiger partial charge in [0.05, 0.1) is 71.9 Å². The number of benzene rings is 12. The summed E-state index contributed by atoms with van der Waals surface area (Å²) in [7, 11) is 0. The molecule has 4 fully saturated rings. The Morgan fingerprint density at radius 1 is 0.189 bits per heavy atom. The summed E-state index contributed by atoms with van der Waals surface area (Å²) in [6, 6.07) is 74.9. The molecule has 5 aliphatic carbocycles. The van der Waals surface area contributed by atoms with Crippen LogP contribution in [0.4, 0.5) is 45.5 Å². The summed E-state index contributed by atoms with van der Waals surface area (Å²) >= 11 is 0. The highest BCUT2D eigenvalue weighted by Gasteiger charge is 2.35. The monoisotopic (exact) mass is 1770 g/mol. The highest BCUT2D eigenvalue weighted by molar-refractivity contribution is 5.63. The Morgan fingerprint density at radius 3 is 0.500 bits per heavy atom. The number of hydrogen-bond acceptors (Lipinski definition) is 20. The fourth-order valence-corrected chi connectivity index (χ4v) is 20.4. The molecule has 0 saturated heterocycles. The van der Waals surface area contributed by atoms with Gasteiger partial charge in [-0.1, -0.05) is 126 Å². The minimum atomic E-state index is -0.891. The van der Waals surface area contributed by atoms with Crippen molar-refractivity contribution in [2.24, 2.45) is 40.9 Å². The van der Waals surface area contributed by atoms with E-state index in [2.05, 4.69) is 89.4 Å². The minimum Gasteiger partial charge on any atom is -0.508 e. The summed E-state index contributed by atoms with van der Waals surface area (Å²) in [5, 5.41) is 137. The van der Waals surface area contributed by atoms with Crippen LogP contribution in [0.15, 0.2) is 284 Å². The second-order valence-electron chi connectivity index (χ2n) is 36.5. The van der Waals surface area contributed by atoms with Gasteiger partial charge in [0.15, 0.2) is 0 Å². The lowest BCUT2D eigenvalue weighted by Crippen LogP contribution is -2.13. The molecule has 20 heteroatoms. The number of aromatic hydroxyl groups is 8. The first-order valence-corrected chi connectivity index (χ1v) is 47.9. The quantitative estimate of drug-likeness (QED) is 0.0144. The van der Waals surface area contributed by atoms with Crippen LogP contribution in [0.1, 0.15) is 294 Å². The van der Waals surface area contributed by atoms with E-state index in [0.717, 1.165) is 22.7 Å². The van der Waals surface area contributed by atoms with Gasteiger partial charge in [-0.25, -0.2) is 0 Å². The van der Waals surface area contributed by atoms with Crippen LogP contribution in [0.5, 0.6) is 69.0 Å². The molecule has 12 aromatic carbocycles. The second kappa shape index (κ2) is 44.0. The molecule has 8 bridgehead atoms. The summed E-state index contributed by atoms with van der Waals surface area (Å²) in [4.78, 5) is 0. The van der Waals surface area contributed by atoms with Crippen LogP contribution in [0.2, 0.25) is 0 Å². The zero-order valence-electron chi connectivity index (χ0n) is 75.1. The number of fused-ring (bicyclic) bond motifs is 8. The van der Waals surface area contributed by atoms with Crippen molar-refractivity contribution in [1.29, 1.82) is 0 Å². The summed E-state index contributed by atoms with van der Waals surface area (Å²) in [6.45, 7) is 0.702. The van der Waals surface area contributed by atoms with E-state index in [-0.39, 0.29) is 98.1 Å². The third-order valence-electron chi connectivity index (χ3n) is 27.7. The normalized spacial score (nSPS) is 17.8. The van der Waals surface area contributed by atoms with Crippen LogP contribution < -0.4 is 18.9 Å². The Bertz CT molecular complexity index is 5100. The molecule has 0 amide bonds. The van der Waals surface area contributed by atoms with E-state index >= 15 is 0 Å². The minimum absolute atomic E-state index is 0.175. The summed E-state index contributed by atoms with van der Waals surface area (Å²) in [5.41, 5.74) is 13.4. The van der Waals surface area contributed by atoms with Crippen LogP contribution in [-0.2, 0) is 0 Å². The van der Waals surface area contributed by atoms with Gasteiger partial charge in [0.25, 0.3) is 0 Å². The first-order chi connectivity index (χ1) is 64.7. The average molecular weight is 1770 g/mol. The zero-order valence-corrected chi connectivity index (χ0v) is 75.1. The van der Waals surface area contributed by atoms with Crippen LogP contribution in [0, 0.1) is 0 Å². The third kappa shape index (κ3) is 23.3. The standard InChI is InChI=1S/C112H120N8O12/c121-105-69-107(123)99-65-97(105)93(25-13-61-129-89-53-45-85(46-54-89)117-113-81-37-29-77(30-38-81)73-17-5-1-6-18-73)98-66-100(108(124)70-106(98)122)95(27-15-63-131-91-57-49-87(50-58-91)119-115-83-41-33-79(34-42-83)75-21-9-3-10-22-75)102-68-104(112(128)72-110(102)126)96(28-16-64-132-92-59-51-88(52-60-92)120-116-84-43-35-80(36-44-84)76-23-11-4-12-24-76)103-67-101(109(125)71-111(103)127)94(99)26-14-62-130-90-55-47-86(48-56-90)118-114-82-39-31-78(32-40-82)74-19-7-2-8-20-74/h29-60,65-76,93-96,121-128H,1-28,61-64H2. The van der Waals surface area contributed by atoms with Gasteiger partial charge in [-0.2, -0.15) is 40.9 Å². The van der Waals surface area contributed by atoms with Crippen molar-refractivity contribution in [1.82, 2.24) is 0 Å². The second-order valence-corrected chi connectivity index (χ2v) is 36.5. The number of hydrogen-bond donors (Lipinski definition) is 8. The van der Waals surface area contributed by atoms with Crippen LogP contribution >= 0.6 is 0 Å². The van der Waals surface area contributed by atoms with Gasteiger partial charge in [-0.15, -0.1) is 0 Å². The van der Waals surface area contributed by atoms with Crippen molar-refractivity contribution >= 4 is 45.5 Å². The Hall–Kier alpha value is -13.4. The number of phenolic OH excluding ortho intramolecular Hbond substituents is 8. The molecule has 20 nitrogen and oxygen atoms in total. The lowest BCUT2D eigenvalue weighted by Gasteiger charge is -2.29. The van der Waals surface area contributed by atoms with Crippen LogP contribution in [0.25, 0.3) is 0 Å². The van der Waals surface area contributed by atoms with Gasteiger partial charge < -0.3 is 59.8 Å². The van der Waals surface area contributed by atoms with Crippen LogP contribution in [-0.4, -0.2) is 67.3 Å². The number of ether oxygens (including phenoxy) is 4. The van der Waals surface area contributed by atoms with Gasteiger partial charge in [0, 0.05) is 92.4 Å². The zero-order chi connectivity index (χ0) is 90.5. The number of nitrogens with zero attached hydrogens (tertiary/aromatic N) is 8. The molecule has 132 heavy (non-hydrogen) atoms. The molecule has 0 radical (unpaired) electrons. The van der Waals surface area contributed by atoms with E-state index in [1.807, 2.05) is 146 Å². The van der Waals surface area contributed by atoms with Crippen molar-refractivity contribution in [3.05, 3.63) is 309 Å². The van der Waals surface area contributed by atoms with Crippen molar-refractivity contribution in [2.45, 2.75) is 227 Å². The third-order valence-corrected chi connectivity index (χ3v) is 27.7. The molecule has 0 unspecified atom stereocenters. The molecule has 0 heterocycles. The summed E-state index contributed by atoms with van der Waals surface area (Å²) < 4.78 is 25.9. The van der Waals surface area contributed by atoms with E-state index in [1.165, 1.54) is 175 Å². The topological polar surface area (TPSA) is 298 Å². The highest BCUT2D eigenvalue weighted by atomic mass is 16.5.